The summed E-state index contributed by atoms with van der Waals surface area (Å²) in [5.74, 6) is -0.687. The standard InChI is InChI=1S/C22H23FN4O2S/c1-14(2)12-19(28)24-18(13-15-6-4-3-5-7-15)20(29)25-22-27-26-21(30-22)16-8-10-17(23)11-9-16/h3-11,14,18H,12-13H2,1-2H3,(H,24,28)(H,25,27,29). The summed E-state index contributed by atoms with van der Waals surface area (Å²) < 4.78 is 13.1. The molecule has 156 valence electrons. The molecule has 0 fully saturated rings. The third-order valence-corrected chi connectivity index (χ3v) is 5.16. The summed E-state index contributed by atoms with van der Waals surface area (Å²) in [6, 6.07) is 14.6. The fourth-order valence-electron chi connectivity index (χ4n) is 2.86. The fraction of sp³-hybridized carbons (Fsp3) is 0.273. The van der Waals surface area contributed by atoms with Crippen molar-refractivity contribution in [2.75, 3.05) is 5.32 Å². The average molecular weight is 427 g/mol. The predicted octanol–water partition coefficient (Wildman–Crippen LogP) is 4.06. The SMILES string of the molecule is CC(C)CC(=O)NC(Cc1ccccc1)C(=O)Nc1nnc(-c2ccc(F)cc2)s1. The van der Waals surface area contributed by atoms with Crippen molar-refractivity contribution < 1.29 is 14.0 Å². The number of anilines is 1. The molecule has 0 spiro atoms. The Balaban J connectivity index is 1.72. The molecule has 3 aromatic rings. The zero-order valence-electron chi connectivity index (χ0n) is 16.8. The van der Waals surface area contributed by atoms with Crippen LogP contribution in [0, 0.1) is 11.7 Å². The lowest BCUT2D eigenvalue weighted by Crippen LogP contribution is -2.45. The van der Waals surface area contributed by atoms with Crippen molar-refractivity contribution in [3.8, 4) is 10.6 Å². The molecule has 3 rings (SSSR count). The molecule has 2 aromatic carbocycles. The van der Waals surface area contributed by atoms with Crippen LogP contribution in [0.1, 0.15) is 25.8 Å². The number of nitrogens with zero attached hydrogens (tertiary/aromatic N) is 2. The van der Waals surface area contributed by atoms with Crippen LogP contribution in [-0.4, -0.2) is 28.1 Å². The van der Waals surface area contributed by atoms with Crippen LogP contribution in [0.15, 0.2) is 54.6 Å². The number of aromatic nitrogens is 2. The molecule has 1 atom stereocenters. The Bertz CT molecular complexity index is 990. The van der Waals surface area contributed by atoms with Gasteiger partial charge in [-0.3, -0.25) is 14.9 Å². The van der Waals surface area contributed by atoms with E-state index < -0.39 is 6.04 Å². The van der Waals surface area contributed by atoms with E-state index in [0.29, 0.717) is 28.5 Å². The first kappa shape index (κ1) is 21.6. The average Bonchev–Trinajstić information content (AvgIpc) is 3.16. The third kappa shape index (κ3) is 6.18. The summed E-state index contributed by atoms with van der Waals surface area (Å²) in [5.41, 5.74) is 1.65. The van der Waals surface area contributed by atoms with Gasteiger partial charge in [-0.1, -0.05) is 55.5 Å². The second-order valence-electron chi connectivity index (χ2n) is 7.32. The molecular weight excluding hydrogens is 403 g/mol. The van der Waals surface area contributed by atoms with Gasteiger partial charge in [-0.15, -0.1) is 10.2 Å². The van der Waals surface area contributed by atoms with E-state index in [2.05, 4.69) is 20.8 Å². The van der Waals surface area contributed by atoms with Crippen LogP contribution in [0.25, 0.3) is 10.6 Å². The number of hydrogen-bond acceptors (Lipinski definition) is 5. The van der Waals surface area contributed by atoms with Crippen LogP contribution in [0.4, 0.5) is 9.52 Å². The Morgan fingerprint density at radius 2 is 1.73 bits per heavy atom. The topological polar surface area (TPSA) is 84.0 Å². The number of halogens is 1. The minimum Gasteiger partial charge on any atom is -0.344 e. The second-order valence-corrected chi connectivity index (χ2v) is 8.29. The number of carbonyl (C=O) groups excluding carboxylic acids is 2. The first-order valence-electron chi connectivity index (χ1n) is 9.64. The van der Waals surface area contributed by atoms with Crippen LogP contribution in [0.2, 0.25) is 0 Å². The Morgan fingerprint density at radius 1 is 1.03 bits per heavy atom. The second kappa shape index (κ2) is 10.1. The van der Waals surface area contributed by atoms with Crippen molar-refractivity contribution >= 4 is 28.3 Å². The molecule has 0 aliphatic carbocycles. The highest BCUT2D eigenvalue weighted by atomic mass is 32.1. The minimum atomic E-state index is -0.739. The first-order valence-corrected chi connectivity index (χ1v) is 10.5. The van der Waals surface area contributed by atoms with E-state index in [1.54, 1.807) is 12.1 Å². The summed E-state index contributed by atoms with van der Waals surface area (Å²) in [7, 11) is 0. The summed E-state index contributed by atoms with van der Waals surface area (Å²) in [5, 5.41) is 14.5. The van der Waals surface area contributed by atoms with Crippen molar-refractivity contribution in [2.45, 2.75) is 32.7 Å². The van der Waals surface area contributed by atoms with Crippen LogP contribution in [0.3, 0.4) is 0 Å². The Morgan fingerprint density at radius 3 is 2.40 bits per heavy atom. The highest BCUT2D eigenvalue weighted by Gasteiger charge is 2.23. The molecule has 1 aromatic heterocycles. The van der Waals surface area contributed by atoms with E-state index in [1.807, 2.05) is 44.2 Å². The van der Waals surface area contributed by atoms with Gasteiger partial charge in [-0.05, 0) is 35.7 Å². The summed E-state index contributed by atoms with van der Waals surface area (Å²) in [6.07, 6.45) is 0.701. The molecule has 0 aliphatic rings. The van der Waals surface area contributed by atoms with E-state index in [-0.39, 0.29) is 23.5 Å². The molecule has 2 N–H and O–H groups in total. The van der Waals surface area contributed by atoms with E-state index in [9.17, 15) is 14.0 Å². The van der Waals surface area contributed by atoms with Gasteiger partial charge in [-0.2, -0.15) is 0 Å². The van der Waals surface area contributed by atoms with Crippen molar-refractivity contribution in [1.29, 1.82) is 0 Å². The zero-order chi connectivity index (χ0) is 21.5. The Labute approximate surface area is 178 Å². The lowest BCUT2D eigenvalue weighted by atomic mass is 10.0. The highest BCUT2D eigenvalue weighted by molar-refractivity contribution is 7.18. The molecule has 0 aliphatic heterocycles. The maximum Gasteiger partial charge on any atom is 0.249 e. The van der Waals surface area contributed by atoms with Gasteiger partial charge in [-0.25, -0.2) is 4.39 Å². The Kier molecular flexibility index (Phi) is 7.24. The lowest BCUT2D eigenvalue weighted by molar-refractivity contribution is -0.127. The minimum absolute atomic E-state index is 0.176. The molecule has 0 saturated carbocycles. The van der Waals surface area contributed by atoms with Crippen molar-refractivity contribution in [2.24, 2.45) is 5.92 Å². The molecule has 0 saturated heterocycles. The van der Waals surface area contributed by atoms with Crippen molar-refractivity contribution in [1.82, 2.24) is 15.5 Å². The maximum absolute atomic E-state index is 13.1. The quantitative estimate of drug-likeness (QED) is 0.569. The maximum atomic E-state index is 13.1. The van der Waals surface area contributed by atoms with Crippen LogP contribution in [0.5, 0.6) is 0 Å². The monoisotopic (exact) mass is 426 g/mol. The van der Waals surface area contributed by atoms with Gasteiger partial charge in [0.15, 0.2) is 0 Å². The van der Waals surface area contributed by atoms with Gasteiger partial charge in [0, 0.05) is 18.4 Å². The number of benzene rings is 2. The molecule has 1 unspecified atom stereocenters. The van der Waals surface area contributed by atoms with E-state index in [0.717, 1.165) is 5.56 Å². The van der Waals surface area contributed by atoms with E-state index in [4.69, 9.17) is 0 Å². The number of rotatable bonds is 8. The zero-order valence-corrected chi connectivity index (χ0v) is 17.6. The molecule has 0 radical (unpaired) electrons. The highest BCUT2D eigenvalue weighted by Crippen LogP contribution is 2.26. The molecule has 2 amide bonds. The molecule has 0 bridgehead atoms. The smallest absolute Gasteiger partial charge is 0.249 e. The van der Waals surface area contributed by atoms with Gasteiger partial charge < -0.3 is 5.32 Å². The summed E-state index contributed by atoms with van der Waals surface area (Å²) >= 11 is 1.18. The van der Waals surface area contributed by atoms with E-state index in [1.165, 1.54) is 23.5 Å². The van der Waals surface area contributed by atoms with Gasteiger partial charge in [0.05, 0.1) is 0 Å². The number of carbonyl (C=O) groups is 2. The van der Waals surface area contributed by atoms with Crippen LogP contribution < -0.4 is 10.6 Å². The molecular formula is C22H23FN4O2S. The van der Waals surface area contributed by atoms with Crippen LogP contribution in [-0.2, 0) is 16.0 Å². The van der Waals surface area contributed by atoms with Crippen LogP contribution >= 0.6 is 11.3 Å². The normalized spacial score (nSPS) is 11.9. The van der Waals surface area contributed by atoms with Gasteiger partial charge in [0.2, 0.25) is 16.9 Å². The number of nitrogens with one attached hydrogen (secondary N) is 2. The predicted molar refractivity (Wildman–Crippen MR) is 115 cm³/mol. The fourth-order valence-corrected chi connectivity index (χ4v) is 3.61. The molecule has 8 heteroatoms. The molecule has 1 heterocycles. The van der Waals surface area contributed by atoms with Gasteiger partial charge in [0.25, 0.3) is 0 Å². The van der Waals surface area contributed by atoms with Gasteiger partial charge in [0.1, 0.15) is 16.9 Å². The molecule has 6 nitrogen and oxygen atoms in total. The van der Waals surface area contributed by atoms with Gasteiger partial charge >= 0.3 is 0 Å². The first-order chi connectivity index (χ1) is 14.4. The third-order valence-electron chi connectivity index (χ3n) is 4.27. The summed E-state index contributed by atoms with van der Waals surface area (Å²) in [4.78, 5) is 25.2. The summed E-state index contributed by atoms with van der Waals surface area (Å²) in [6.45, 7) is 3.90. The van der Waals surface area contributed by atoms with Crippen molar-refractivity contribution in [3.63, 3.8) is 0 Å². The number of amides is 2. The van der Waals surface area contributed by atoms with E-state index >= 15 is 0 Å². The van der Waals surface area contributed by atoms with Crippen molar-refractivity contribution in [3.05, 3.63) is 66.0 Å². The lowest BCUT2D eigenvalue weighted by Gasteiger charge is -2.18. The largest absolute Gasteiger partial charge is 0.344 e. The Hall–Kier alpha value is -3.13. The molecule has 30 heavy (non-hydrogen) atoms. The number of hydrogen-bond donors (Lipinski definition) is 2.